The van der Waals surface area contributed by atoms with E-state index < -0.39 is 0 Å². The Morgan fingerprint density at radius 3 is 2.85 bits per heavy atom. The molecule has 2 aromatic heterocycles. The van der Waals surface area contributed by atoms with Gasteiger partial charge in [-0.25, -0.2) is 4.79 Å². The Morgan fingerprint density at radius 1 is 1.15 bits per heavy atom. The van der Waals surface area contributed by atoms with Crippen LogP contribution in [0.3, 0.4) is 0 Å². The Labute approximate surface area is 147 Å². The summed E-state index contributed by atoms with van der Waals surface area (Å²) in [6.45, 7) is 2.77. The van der Waals surface area contributed by atoms with E-state index in [0.717, 1.165) is 17.9 Å². The molecule has 8 nitrogen and oxygen atoms in total. The van der Waals surface area contributed by atoms with E-state index in [4.69, 9.17) is 0 Å². The van der Waals surface area contributed by atoms with E-state index in [0.29, 0.717) is 22.3 Å². The molecule has 0 unspecified atom stereocenters. The molecule has 2 heterocycles. The molecule has 4 rings (SSSR count). The molecule has 0 spiro atoms. The fraction of sp³-hybridized carbons (Fsp3) is 0.111. The van der Waals surface area contributed by atoms with E-state index in [-0.39, 0.29) is 11.6 Å². The minimum absolute atomic E-state index is 0.261. The van der Waals surface area contributed by atoms with Gasteiger partial charge in [0.2, 0.25) is 0 Å². The molecule has 2 aromatic carbocycles. The summed E-state index contributed by atoms with van der Waals surface area (Å²) >= 11 is 0. The number of aryl methyl sites for hydroxylation is 1. The Hall–Kier alpha value is -3.68. The molecule has 0 fully saturated rings. The average molecular weight is 348 g/mol. The van der Waals surface area contributed by atoms with Gasteiger partial charge in [-0.2, -0.15) is 0 Å². The van der Waals surface area contributed by atoms with Gasteiger partial charge in [-0.05, 0) is 37.3 Å². The van der Waals surface area contributed by atoms with Crippen molar-refractivity contribution in [1.29, 1.82) is 0 Å². The Bertz CT molecular complexity index is 1150. The van der Waals surface area contributed by atoms with Gasteiger partial charge in [-0.15, -0.1) is 10.2 Å². The van der Waals surface area contributed by atoms with Gasteiger partial charge >= 0.3 is 5.69 Å². The third kappa shape index (κ3) is 2.88. The second kappa shape index (κ2) is 6.32. The maximum atomic E-state index is 12.5. The van der Waals surface area contributed by atoms with Gasteiger partial charge in [0.05, 0.1) is 11.0 Å². The number of amides is 1. The number of carbonyl (C=O) groups is 1. The highest BCUT2D eigenvalue weighted by Crippen LogP contribution is 2.21. The van der Waals surface area contributed by atoms with E-state index >= 15 is 0 Å². The first-order chi connectivity index (χ1) is 12.6. The second-order valence-corrected chi connectivity index (χ2v) is 5.81. The lowest BCUT2D eigenvalue weighted by Gasteiger charge is -2.08. The van der Waals surface area contributed by atoms with Crippen molar-refractivity contribution >= 4 is 22.6 Å². The molecule has 4 aromatic rings. The number of imidazole rings is 1. The van der Waals surface area contributed by atoms with Gasteiger partial charge in [-0.3, -0.25) is 4.79 Å². The van der Waals surface area contributed by atoms with Gasteiger partial charge in [0.1, 0.15) is 6.33 Å². The Kier molecular flexibility index (Phi) is 3.85. The normalized spacial score (nSPS) is 11.0. The number of aromatic nitrogens is 5. The molecule has 3 N–H and O–H groups in total. The van der Waals surface area contributed by atoms with Crippen LogP contribution in [0.1, 0.15) is 17.3 Å². The van der Waals surface area contributed by atoms with Crippen LogP contribution in [0, 0.1) is 0 Å². The maximum Gasteiger partial charge on any atom is 0.323 e. The highest BCUT2D eigenvalue weighted by molar-refractivity contribution is 6.06. The zero-order valence-electron chi connectivity index (χ0n) is 14.0. The van der Waals surface area contributed by atoms with Crippen LogP contribution in [-0.2, 0) is 6.54 Å². The summed E-state index contributed by atoms with van der Waals surface area (Å²) in [7, 11) is 0. The van der Waals surface area contributed by atoms with Gasteiger partial charge in [-0.1, -0.05) is 12.1 Å². The van der Waals surface area contributed by atoms with Crippen molar-refractivity contribution < 1.29 is 4.79 Å². The molecule has 0 aliphatic carbocycles. The van der Waals surface area contributed by atoms with Crippen molar-refractivity contribution in [2.75, 3.05) is 5.32 Å². The zero-order chi connectivity index (χ0) is 18.1. The Balaban J connectivity index is 1.61. The number of anilines is 1. The summed E-state index contributed by atoms with van der Waals surface area (Å²) in [5.74, 6) is 0.484. The van der Waals surface area contributed by atoms with Crippen molar-refractivity contribution in [3.05, 3.63) is 64.8 Å². The predicted molar refractivity (Wildman–Crippen MR) is 98.0 cm³/mol. The minimum Gasteiger partial charge on any atom is -0.322 e. The molecular weight excluding hydrogens is 332 g/mol. The SMILES string of the molecule is CCn1cnnc1-c1cccc(NC(=O)c2ccc3[nH]c(=O)[nH]c3c2)c1. The average Bonchev–Trinajstić information content (AvgIpc) is 3.26. The van der Waals surface area contributed by atoms with Crippen LogP contribution in [0.5, 0.6) is 0 Å². The third-order valence-electron chi connectivity index (χ3n) is 4.11. The number of H-pyrrole nitrogens is 2. The monoisotopic (exact) mass is 348 g/mol. The predicted octanol–water partition coefficient (Wildman–Crippen LogP) is 2.39. The van der Waals surface area contributed by atoms with Crippen molar-refractivity contribution in [3.63, 3.8) is 0 Å². The summed E-state index contributed by atoms with van der Waals surface area (Å²) in [4.78, 5) is 29.2. The second-order valence-electron chi connectivity index (χ2n) is 5.81. The number of carbonyl (C=O) groups excluding carboxylic acids is 1. The number of fused-ring (bicyclic) bond motifs is 1. The molecule has 0 aliphatic rings. The molecule has 1 amide bonds. The summed E-state index contributed by atoms with van der Waals surface area (Å²) in [6.07, 6.45) is 1.67. The van der Waals surface area contributed by atoms with E-state index in [1.54, 1.807) is 24.5 Å². The number of hydrogen-bond acceptors (Lipinski definition) is 4. The standard InChI is InChI=1S/C18H16N6O2/c1-2-24-10-19-23-16(24)11-4-3-5-13(8-11)20-17(25)12-6-7-14-15(9-12)22-18(26)21-14/h3-10H,2H2,1H3,(H,20,25)(H2,21,22,26). The molecule has 0 saturated carbocycles. The number of hydrogen-bond donors (Lipinski definition) is 3. The van der Waals surface area contributed by atoms with Gasteiger partial charge in [0.25, 0.3) is 5.91 Å². The molecule has 26 heavy (non-hydrogen) atoms. The zero-order valence-corrected chi connectivity index (χ0v) is 14.0. The molecular formula is C18H16N6O2. The largest absolute Gasteiger partial charge is 0.323 e. The van der Waals surface area contributed by atoms with Crippen molar-refractivity contribution in [2.45, 2.75) is 13.5 Å². The van der Waals surface area contributed by atoms with Crippen molar-refractivity contribution in [3.8, 4) is 11.4 Å². The molecule has 8 heteroatoms. The molecule has 0 radical (unpaired) electrons. The first-order valence-electron chi connectivity index (χ1n) is 8.15. The summed E-state index contributed by atoms with van der Waals surface area (Å²) in [5.41, 5.74) is 2.92. The topological polar surface area (TPSA) is 108 Å². The minimum atomic E-state index is -0.301. The van der Waals surface area contributed by atoms with E-state index in [9.17, 15) is 9.59 Å². The molecule has 0 aliphatic heterocycles. The number of benzene rings is 2. The highest BCUT2D eigenvalue weighted by Gasteiger charge is 2.11. The van der Waals surface area contributed by atoms with Crippen LogP contribution < -0.4 is 11.0 Å². The van der Waals surface area contributed by atoms with Crippen LogP contribution >= 0.6 is 0 Å². The molecule has 0 atom stereocenters. The molecule has 130 valence electrons. The van der Waals surface area contributed by atoms with Gasteiger partial charge in [0, 0.05) is 23.4 Å². The fourth-order valence-electron chi connectivity index (χ4n) is 2.82. The quantitative estimate of drug-likeness (QED) is 0.526. The van der Waals surface area contributed by atoms with Crippen molar-refractivity contribution in [2.24, 2.45) is 0 Å². The summed E-state index contributed by atoms with van der Waals surface area (Å²) in [6, 6.07) is 12.4. The number of nitrogens with one attached hydrogen (secondary N) is 3. The molecule has 0 saturated heterocycles. The van der Waals surface area contributed by atoms with E-state index in [1.165, 1.54) is 0 Å². The van der Waals surface area contributed by atoms with Crippen LogP contribution in [0.4, 0.5) is 5.69 Å². The maximum absolute atomic E-state index is 12.5. The van der Waals surface area contributed by atoms with Crippen LogP contribution in [0.2, 0.25) is 0 Å². The highest BCUT2D eigenvalue weighted by atomic mass is 16.2. The van der Waals surface area contributed by atoms with E-state index in [1.807, 2.05) is 35.8 Å². The van der Waals surface area contributed by atoms with Gasteiger partial charge < -0.3 is 19.9 Å². The third-order valence-corrected chi connectivity index (χ3v) is 4.11. The van der Waals surface area contributed by atoms with Crippen LogP contribution in [0.25, 0.3) is 22.4 Å². The lowest BCUT2D eigenvalue weighted by Crippen LogP contribution is -2.11. The van der Waals surface area contributed by atoms with E-state index in [2.05, 4.69) is 25.5 Å². The summed E-state index contributed by atoms with van der Waals surface area (Å²) in [5, 5.41) is 10.9. The number of rotatable bonds is 4. The van der Waals surface area contributed by atoms with Crippen LogP contribution in [0.15, 0.2) is 53.6 Å². The smallest absolute Gasteiger partial charge is 0.322 e. The number of nitrogens with zero attached hydrogens (tertiary/aromatic N) is 3. The first-order valence-corrected chi connectivity index (χ1v) is 8.15. The number of aromatic amines is 2. The van der Waals surface area contributed by atoms with Gasteiger partial charge in [0.15, 0.2) is 5.82 Å². The Morgan fingerprint density at radius 2 is 2.00 bits per heavy atom. The lowest BCUT2D eigenvalue weighted by atomic mass is 10.1. The van der Waals surface area contributed by atoms with Crippen LogP contribution in [-0.4, -0.2) is 30.6 Å². The first kappa shape index (κ1) is 15.8. The summed E-state index contributed by atoms with van der Waals surface area (Å²) < 4.78 is 1.93. The lowest BCUT2D eigenvalue weighted by molar-refractivity contribution is 0.102. The van der Waals surface area contributed by atoms with Crippen molar-refractivity contribution in [1.82, 2.24) is 24.7 Å². The fourth-order valence-corrected chi connectivity index (χ4v) is 2.82. The molecule has 0 bridgehead atoms.